The highest BCUT2D eigenvalue weighted by molar-refractivity contribution is 7.10. The van der Waals surface area contributed by atoms with E-state index >= 15 is 0 Å². The largest absolute Gasteiger partial charge is 0.465 e. The highest BCUT2D eigenvalue weighted by Crippen LogP contribution is 2.36. The Balaban J connectivity index is 1.31. The SMILES string of the molecule is C[Si](C)(C)CCOCn1ncc2cc(-c3ccc4c(c3)CN(C(=O)O)C4)c(NC(=O)c3csc(C#CC4CC4)n3)cc21. The van der Waals surface area contributed by atoms with Gasteiger partial charge >= 0.3 is 6.09 Å². The van der Waals surface area contributed by atoms with E-state index in [-0.39, 0.29) is 5.91 Å². The third kappa shape index (κ3) is 6.41. The minimum atomic E-state index is -1.21. The summed E-state index contributed by atoms with van der Waals surface area (Å²) in [5, 5.41) is 20.4. The Bertz CT molecular complexity index is 1740. The molecule has 42 heavy (non-hydrogen) atoms. The Kier molecular flexibility index (Phi) is 7.61. The van der Waals surface area contributed by atoms with Crippen LogP contribution in [-0.4, -0.2) is 51.5 Å². The highest BCUT2D eigenvalue weighted by Gasteiger charge is 2.24. The molecule has 2 aromatic heterocycles. The molecule has 6 rings (SSSR count). The van der Waals surface area contributed by atoms with Crippen LogP contribution in [0.2, 0.25) is 25.7 Å². The Labute approximate surface area is 249 Å². The first kappa shape index (κ1) is 28.2. The van der Waals surface area contributed by atoms with Crippen molar-refractivity contribution < 1.29 is 19.4 Å². The zero-order valence-corrected chi connectivity index (χ0v) is 25.8. The topological polar surface area (TPSA) is 110 Å². The lowest BCUT2D eigenvalue weighted by Crippen LogP contribution is -2.22. The molecule has 0 radical (unpaired) electrons. The van der Waals surface area contributed by atoms with E-state index in [4.69, 9.17) is 4.74 Å². The molecule has 216 valence electrons. The van der Waals surface area contributed by atoms with Gasteiger partial charge in [0.2, 0.25) is 0 Å². The Hall–Kier alpha value is -3.98. The first-order chi connectivity index (χ1) is 20.1. The third-order valence-corrected chi connectivity index (χ3v) is 9.91. The van der Waals surface area contributed by atoms with Gasteiger partial charge in [0.25, 0.3) is 5.91 Å². The fourth-order valence-corrected chi connectivity index (χ4v) is 6.22. The lowest BCUT2D eigenvalue weighted by molar-refractivity contribution is 0.0817. The maximum absolute atomic E-state index is 13.4. The monoisotopic (exact) mass is 599 g/mol. The Morgan fingerprint density at radius 1 is 1.17 bits per heavy atom. The maximum Gasteiger partial charge on any atom is 0.407 e. The lowest BCUT2D eigenvalue weighted by atomic mass is 9.98. The minimum absolute atomic E-state index is 0.318. The number of thiazole rings is 1. The minimum Gasteiger partial charge on any atom is -0.465 e. The van der Waals surface area contributed by atoms with Crippen molar-refractivity contribution in [2.45, 2.75) is 58.3 Å². The Morgan fingerprint density at radius 2 is 1.98 bits per heavy atom. The molecule has 3 heterocycles. The van der Waals surface area contributed by atoms with Crippen LogP contribution in [0.15, 0.2) is 41.9 Å². The molecule has 1 aliphatic heterocycles. The van der Waals surface area contributed by atoms with Crippen molar-refractivity contribution in [3.05, 3.63) is 63.7 Å². The summed E-state index contributed by atoms with van der Waals surface area (Å²) in [6.07, 6.45) is 3.13. The number of nitrogens with one attached hydrogen (secondary N) is 1. The van der Waals surface area contributed by atoms with Gasteiger partial charge in [-0.1, -0.05) is 37.7 Å². The van der Waals surface area contributed by atoms with Gasteiger partial charge in [0.1, 0.15) is 12.4 Å². The number of rotatable bonds is 8. The molecule has 11 heteroatoms. The number of benzene rings is 2. The van der Waals surface area contributed by atoms with E-state index in [0.29, 0.717) is 48.7 Å². The molecule has 1 aliphatic carbocycles. The maximum atomic E-state index is 13.4. The summed E-state index contributed by atoms with van der Waals surface area (Å²) >= 11 is 1.37. The van der Waals surface area contributed by atoms with Gasteiger partial charge in [-0.2, -0.15) is 5.10 Å². The van der Waals surface area contributed by atoms with Gasteiger partial charge in [0.05, 0.1) is 17.4 Å². The van der Waals surface area contributed by atoms with E-state index in [1.165, 1.54) is 16.2 Å². The summed E-state index contributed by atoms with van der Waals surface area (Å²) in [5.41, 5.74) is 5.41. The van der Waals surface area contributed by atoms with Crippen LogP contribution in [0.5, 0.6) is 0 Å². The summed E-state index contributed by atoms with van der Waals surface area (Å²) in [6, 6.07) is 10.9. The van der Waals surface area contributed by atoms with Crippen LogP contribution in [0, 0.1) is 17.8 Å². The second kappa shape index (κ2) is 11.4. The van der Waals surface area contributed by atoms with Crippen LogP contribution in [0.1, 0.15) is 39.5 Å². The number of hydrogen-bond acceptors (Lipinski definition) is 6. The fraction of sp³-hybridized carbons (Fsp3) is 0.355. The normalized spacial score (nSPS) is 14.5. The second-order valence-electron chi connectivity index (χ2n) is 12.1. The number of anilines is 1. The molecule has 1 fully saturated rings. The third-order valence-electron chi connectivity index (χ3n) is 7.45. The van der Waals surface area contributed by atoms with Crippen LogP contribution in [0.4, 0.5) is 10.5 Å². The van der Waals surface area contributed by atoms with E-state index in [1.807, 2.05) is 30.3 Å². The molecule has 2 aromatic carbocycles. The number of carbonyl (C=O) groups excluding carboxylic acids is 1. The van der Waals surface area contributed by atoms with Crippen LogP contribution in [-0.2, 0) is 24.6 Å². The number of amides is 2. The molecule has 0 atom stereocenters. The average molecular weight is 600 g/mol. The van der Waals surface area contributed by atoms with Crippen molar-refractivity contribution >= 4 is 48.0 Å². The van der Waals surface area contributed by atoms with E-state index in [0.717, 1.165) is 52.0 Å². The summed E-state index contributed by atoms with van der Waals surface area (Å²) in [7, 11) is -1.21. The molecule has 0 unspecified atom stereocenters. The summed E-state index contributed by atoms with van der Waals surface area (Å²) in [4.78, 5) is 30.8. The number of carboxylic acid groups (broad SMARTS) is 1. The number of nitrogens with zero attached hydrogens (tertiary/aromatic N) is 4. The molecule has 2 amide bonds. The van der Waals surface area contributed by atoms with Crippen molar-refractivity contribution in [1.82, 2.24) is 19.7 Å². The molecule has 0 saturated heterocycles. The van der Waals surface area contributed by atoms with Gasteiger partial charge in [0, 0.05) is 50.0 Å². The van der Waals surface area contributed by atoms with Gasteiger partial charge in [0.15, 0.2) is 5.01 Å². The van der Waals surface area contributed by atoms with E-state index in [9.17, 15) is 14.7 Å². The molecule has 2 N–H and O–H groups in total. The summed E-state index contributed by atoms with van der Waals surface area (Å²) in [6.45, 7) is 8.65. The predicted octanol–water partition coefficient (Wildman–Crippen LogP) is 6.48. The lowest BCUT2D eigenvalue weighted by Gasteiger charge is -2.16. The van der Waals surface area contributed by atoms with Gasteiger partial charge in [-0.15, -0.1) is 11.3 Å². The molecule has 4 aromatic rings. The molecular weight excluding hydrogens is 567 g/mol. The number of aromatic nitrogens is 3. The molecule has 0 bridgehead atoms. The van der Waals surface area contributed by atoms with Crippen molar-refractivity contribution in [1.29, 1.82) is 0 Å². The quantitative estimate of drug-likeness (QED) is 0.136. The summed E-state index contributed by atoms with van der Waals surface area (Å²) in [5.74, 6) is 6.42. The first-order valence-corrected chi connectivity index (χ1v) is 18.7. The number of carbonyl (C=O) groups is 2. The molecular formula is C31H33N5O4SSi. The fourth-order valence-electron chi connectivity index (χ4n) is 4.81. The molecule has 1 saturated carbocycles. The van der Waals surface area contributed by atoms with E-state index < -0.39 is 14.2 Å². The molecule has 9 nitrogen and oxygen atoms in total. The zero-order valence-electron chi connectivity index (χ0n) is 23.9. The van der Waals surface area contributed by atoms with E-state index in [1.54, 1.807) is 16.3 Å². The second-order valence-corrected chi connectivity index (χ2v) is 18.6. The van der Waals surface area contributed by atoms with Gasteiger partial charge in [-0.05, 0) is 59.7 Å². The van der Waals surface area contributed by atoms with Gasteiger partial charge in [-0.25, -0.2) is 14.5 Å². The zero-order chi connectivity index (χ0) is 29.4. The van der Waals surface area contributed by atoms with Crippen LogP contribution in [0.25, 0.3) is 22.0 Å². The molecule has 0 spiro atoms. The van der Waals surface area contributed by atoms with Gasteiger partial charge in [-0.3, -0.25) is 9.69 Å². The van der Waals surface area contributed by atoms with Crippen molar-refractivity contribution in [2.75, 3.05) is 11.9 Å². The van der Waals surface area contributed by atoms with Crippen LogP contribution < -0.4 is 5.32 Å². The van der Waals surface area contributed by atoms with Crippen LogP contribution in [0.3, 0.4) is 0 Å². The van der Waals surface area contributed by atoms with Crippen LogP contribution >= 0.6 is 11.3 Å². The molecule has 2 aliphatic rings. The smallest absolute Gasteiger partial charge is 0.407 e. The standard InChI is InChI=1S/C31H33N5O4SSi/c1-42(2,3)11-10-40-19-36-28-14-26(34-30(37)27-18-41-29(33-27)9-6-20-4-5-20)25(13-23(28)15-32-36)21-7-8-22-16-35(31(38)39)17-24(22)12-21/h7-8,12-15,18,20H,4-5,10-11,16-17,19H2,1-3H3,(H,34,37)(H,38,39). The Morgan fingerprint density at radius 3 is 2.74 bits per heavy atom. The van der Waals surface area contributed by atoms with Crippen molar-refractivity contribution in [3.63, 3.8) is 0 Å². The number of fused-ring (bicyclic) bond motifs is 2. The predicted molar refractivity (Wildman–Crippen MR) is 166 cm³/mol. The number of hydrogen-bond donors (Lipinski definition) is 2. The first-order valence-electron chi connectivity index (χ1n) is 14.1. The van der Waals surface area contributed by atoms with E-state index in [2.05, 4.69) is 46.9 Å². The van der Waals surface area contributed by atoms with Gasteiger partial charge < -0.3 is 15.2 Å². The average Bonchev–Trinajstić information content (AvgIpc) is 3.32. The highest BCUT2D eigenvalue weighted by atomic mass is 32.1. The summed E-state index contributed by atoms with van der Waals surface area (Å²) < 4.78 is 7.77. The number of ether oxygens (including phenoxy) is 1. The van der Waals surface area contributed by atoms with Crippen molar-refractivity contribution in [2.24, 2.45) is 5.92 Å². The van der Waals surface area contributed by atoms with Crippen molar-refractivity contribution in [3.8, 4) is 23.0 Å².